The molecule has 10 aromatic rings. The highest BCUT2D eigenvalue weighted by molar-refractivity contribution is 7.26. The van der Waals surface area contributed by atoms with E-state index in [-0.39, 0.29) is 0 Å². The molecule has 10 rings (SSSR count). The summed E-state index contributed by atoms with van der Waals surface area (Å²) in [6.07, 6.45) is 0. The lowest BCUT2D eigenvalue weighted by Gasteiger charge is -2.13. The van der Waals surface area contributed by atoms with Crippen molar-refractivity contribution in [2.75, 3.05) is 0 Å². The lowest BCUT2D eigenvalue weighted by molar-refractivity contribution is 1.08. The Labute approximate surface area is 296 Å². The lowest BCUT2D eigenvalue weighted by atomic mass is 9.94. The Kier molecular flexibility index (Phi) is 6.82. The molecule has 0 radical (unpaired) electrons. The van der Waals surface area contributed by atoms with Crippen LogP contribution in [0.15, 0.2) is 158 Å². The van der Waals surface area contributed by atoms with Crippen LogP contribution in [0.5, 0.6) is 0 Å². The Hall–Kier alpha value is -6.08. The van der Waals surface area contributed by atoms with Gasteiger partial charge in [0.25, 0.3) is 0 Å². The molecule has 0 atom stereocenters. The highest BCUT2D eigenvalue weighted by Gasteiger charge is 2.18. The van der Waals surface area contributed by atoms with Gasteiger partial charge in [0.15, 0.2) is 17.5 Å². The fourth-order valence-electron chi connectivity index (χ4n) is 6.80. The molecule has 0 saturated heterocycles. The molecule has 0 aliphatic rings. The number of rotatable bonds is 5. The summed E-state index contributed by atoms with van der Waals surface area (Å²) in [6, 6.07) is 55.0. The van der Waals surface area contributed by atoms with Crippen molar-refractivity contribution in [2.45, 2.75) is 0 Å². The van der Waals surface area contributed by atoms with E-state index >= 15 is 0 Å². The second kappa shape index (κ2) is 11.8. The molecule has 4 nitrogen and oxygen atoms in total. The second-order valence-electron chi connectivity index (χ2n) is 12.2. The molecule has 3 aromatic heterocycles. The van der Waals surface area contributed by atoms with Crippen LogP contribution in [0.2, 0.25) is 0 Å². The highest BCUT2D eigenvalue weighted by Crippen LogP contribution is 2.45. The average molecular weight is 675 g/mol. The van der Waals surface area contributed by atoms with Gasteiger partial charge in [-0.2, -0.15) is 0 Å². The van der Waals surface area contributed by atoms with Crippen molar-refractivity contribution in [1.29, 1.82) is 0 Å². The first-order chi connectivity index (χ1) is 24.8. The number of thiazole rings is 1. The van der Waals surface area contributed by atoms with E-state index in [4.69, 9.17) is 19.9 Å². The first-order valence-electron chi connectivity index (χ1n) is 16.5. The second-order valence-corrected chi connectivity index (χ2v) is 14.3. The van der Waals surface area contributed by atoms with Crippen LogP contribution < -0.4 is 0 Å². The highest BCUT2D eigenvalue weighted by atomic mass is 32.1. The van der Waals surface area contributed by atoms with Crippen molar-refractivity contribution in [3.8, 4) is 55.9 Å². The molecule has 6 heteroatoms. The topological polar surface area (TPSA) is 51.6 Å². The Morgan fingerprint density at radius 3 is 1.54 bits per heavy atom. The summed E-state index contributed by atoms with van der Waals surface area (Å²) in [7, 11) is 0. The van der Waals surface area contributed by atoms with E-state index in [1.54, 1.807) is 11.3 Å². The minimum Gasteiger partial charge on any atom is -0.236 e. The van der Waals surface area contributed by atoms with E-state index in [1.807, 2.05) is 78.1 Å². The summed E-state index contributed by atoms with van der Waals surface area (Å²) in [5.41, 5.74) is 7.50. The fourth-order valence-corrected chi connectivity index (χ4v) is 9.04. The van der Waals surface area contributed by atoms with Crippen molar-refractivity contribution in [2.24, 2.45) is 0 Å². The molecule has 0 N–H and O–H groups in total. The van der Waals surface area contributed by atoms with E-state index in [2.05, 4.69) is 91.0 Å². The van der Waals surface area contributed by atoms with Crippen LogP contribution in [0.1, 0.15) is 0 Å². The largest absolute Gasteiger partial charge is 0.236 e. The number of hydrogen-bond donors (Lipinski definition) is 0. The molecule has 234 valence electrons. The molecular weight excluding hydrogens is 649 g/mol. The maximum Gasteiger partial charge on any atom is 0.164 e. The summed E-state index contributed by atoms with van der Waals surface area (Å²) in [5.74, 6) is 1.97. The Morgan fingerprint density at radius 2 is 0.880 bits per heavy atom. The van der Waals surface area contributed by atoms with Gasteiger partial charge in [0, 0.05) is 48.0 Å². The number of hydrogen-bond acceptors (Lipinski definition) is 6. The van der Waals surface area contributed by atoms with Crippen LogP contribution in [-0.4, -0.2) is 19.9 Å². The minimum atomic E-state index is 0.655. The van der Waals surface area contributed by atoms with Crippen LogP contribution >= 0.6 is 22.7 Å². The zero-order chi connectivity index (χ0) is 33.0. The first kappa shape index (κ1) is 28.9. The van der Waals surface area contributed by atoms with E-state index in [0.717, 1.165) is 43.6 Å². The monoisotopic (exact) mass is 674 g/mol. The number of benzene rings is 7. The zero-order valence-electron chi connectivity index (χ0n) is 26.6. The smallest absolute Gasteiger partial charge is 0.164 e. The maximum absolute atomic E-state index is 5.05. The van der Waals surface area contributed by atoms with E-state index in [0.29, 0.717) is 17.5 Å². The summed E-state index contributed by atoms with van der Waals surface area (Å²) in [6.45, 7) is 0. The molecule has 3 heterocycles. The van der Waals surface area contributed by atoms with Crippen molar-refractivity contribution in [1.82, 2.24) is 19.9 Å². The molecular formula is C44H26N4S2. The van der Waals surface area contributed by atoms with Gasteiger partial charge >= 0.3 is 0 Å². The predicted octanol–water partition coefficient (Wildman–Crippen LogP) is 12.3. The first-order valence-corrected chi connectivity index (χ1v) is 18.1. The number of nitrogens with zero attached hydrogens (tertiary/aromatic N) is 4. The Balaban J connectivity index is 1.13. The third-order valence-electron chi connectivity index (χ3n) is 9.18. The van der Waals surface area contributed by atoms with E-state index in [9.17, 15) is 0 Å². The molecule has 0 fully saturated rings. The summed E-state index contributed by atoms with van der Waals surface area (Å²) in [4.78, 5) is 20.0. The molecule has 50 heavy (non-hydrogen) atoms. The molecule has 0 spiro atoms. The standard InChI is InChI=1S/C44H26N4S2/c1-4-13-27(14-5-1)41-46-42(28-15-6-2-7-16-28)48-43(47-41)35-24-11-19-30-31(20-10-21-32(30)35)33-22-12-23-34-36-25-39-37(26-38(36)49-40(33)34)45-44(50-39)29-17-8-3-9-18-29/h1-26H. The molecule has 0 aliphatic carbocycles. The zero-order valence-corrected chi connectivity index (χ0v) is 28.2. The van der Waals surface area contributed by atoms with Gasteiger partial charge in [-0.15, -0.1) is 22.7 Å². The van der Waals surface area contributed by atoms with Crippen molar-refractivity contribution in [3.05, 3.63) is 158 Å². The van der Waals surface area contributed by atoms with Crippen LogP contribution in [0.3, 0.4) is 0 Å². The normalized spacial score (nSPS) is 11.6. The predicted molar refractivity (Wildman–Crippen MR) is 211 cm³/mol. The summed E-state index contributed by atoms with van der Waals surface area (Å²) in [5, 5.41) is 5.86. The van der Waals surface area contributed by atoms with Crippen LogP contribution in [0, 0.1) is 0 Å². The molecule has 0 bridgehead atoms. The SMILES string of the molecule is c1ccc(-c2nc(-c3ccccc3)nc(-c3cccc4c(-c5cccc6c5sc5cc7nc(-c8ccccc8)sc7cc56)cccc34)n2)cc1. The molecule has 0 aliphatic heterocycles. The molecule has 0 saturated carbocycles. The van der Waals surface area contributed by atoms with Gasteiger partial charge in [0.2, 0.25) is 0 Å². The summed E-state index contributed by atoms with van der Waals surface area (Å²) < 4.78 is 3.73. The van der Waals surface area contributed by atoms with Crippen LogP contribution in [0.25, 0.3) is 97.0 Å². The molecule has 0 amide bonds. The van der Waals surface area contributed by atoms with Gasteiger partial charge in [-0.3, -0.25) is 0 Å². The quantitative estimate of drug-likeness (QED) is 0.182. The van der Waals surface area contributed by atoms with E-state index < -0.39 is 0 Å². The van der Waals surface area contributed by atoms with Crippen LogP contribution in [0.4, 0.5) is 0 Å². The summed E-state index contributed by atoms with van der Waals surface area (Å²) >= 11 is 3.60. The third-order valence-corrected chi connectivity index (χ3v) is 11.4. The molecule has 0 unspecified atom stereocenters. The van der Waals surface area contributed by atoms with Gasteiger partial charge < -0.3 is 0 Å². The van der Waals surface area contributed by atoms with Crippen molar-refractivity contribution >= 4 is 63.8 Å². The average Bonchev–Trinajstić information content (AvgIpc) is 3.78. The third kappa shape index (κ3) is 4.88. The van der Waals surface area contributed by atoms with E-state index in [1.165, 1.54) is 36.0 Å². The van der Waals surface area contributed by atoms with Crippen LogP contribution in [-0.2, 0) is 0 Å². The van der Waals surface area contributed by atoms with Gasteiger partial charge in [0.05, 0.1) is 10.2 Å². The minimum absolute atomic E-state index is 0.655. The van der Waals surface area contributed by atoms with Gasteiger partial charge in [0.1, 0.15) is 5.01 Å². The fraction of sp³-hybridized carbons (Fsp3) is 0. The van der Waals surface area contributed by atoms with Gasteiger partial charge in [-0.05, 0) is 28.5 Å². The van der Waals surface area contributed by atoms with Crippen molar-refractivity contribution < 1.29 is 0 Å². The number of fused-ring (bicyclic) bond motifs is 5. The Bertz CT molecular complexity index is 2800. The molecule has 7 aromatic carbocycles. The number of aromatic nitrogens is 4. The maximum atomic E-state index is 5.05. The van der Waals surface area contributed by atoms with Crippen molar-refractivity contribution in [3.63, 3.8) is 0 Å². The van der Waals surface area contributed by atoms with Gasteiger partial charge in [-0.25, -0.2) is 19.9 Å². The van der Waals surface area contributed by atoms with Gasteiger partial charge in [-0.1, -0.05) is 146 Å². The lowest BCUT2D eigenvalue weighted by Crippen LogP contribution is -2.00. The number of thiophene rings is 1. The Morgan fingerprint density at radius 1 is 0.340 bits per heavy atom.